The summed E-state index contributed by atoms with van der Waals surface area (Å²) in [5.41, 5.74) is 1.02. The molecule has 0 saturated carbocycles. The van der Waals surface area contributed by atoms with Crippen LogP contribution in [0.15, 0.2) is 17.5 Å². The number of hydrogen-bond acceptors (Lipinski definition) is 4. The number of aryl methyl sites for hydroxylation is 1. The van der Waals surface area contributed by atoms with Crippen molar-refractivity contribution in [1.82, 2.24) is 4.98 Å². The van der Waals surface area contributed by atoms with Gasteiger partial charge in [-0.2, -0.15) is 0 Å². The average Bonchev–Trinajstić information content (AvgIpc) is 3.02. The molecule has 0 aliphatic rings. The SMILES string of the molecule is CCCCCCCCCCC(CC(=O)CC=CC(=O)O)c1csc(C)n1. The van der Waals surface area contributed by atoms with Crippen LogP contribution in [0.4, 0.5) is 0 Å². The fourth-order valence-electron chi connectivity index (χ4n) is 3.10. The standard InChI is InChI=1S/C21H33NO3S/c1-3-4-5-6-7-8-9-10-12-18(20-16-26-17(2)22-20)15-19(23)13-11-14-21(24)25/h11,14,16,18H,3-10,12-13,15H2,1-2H3,(H,24,25). The Labute approximate surface area is 161 Å². The third kappa shape index (κ3) is 10.5. The largest absolute Gasteiger partial charge is 0.478 e. The minimum atomic E-state index is -1.01. The molecule has 0 spiro atoms. The van der Waals surface area contributed by atoms with E-state index in [1.165, 1.54) is 51.0 Å². The first-order valence-corrected chi connectivity index (χ1v) is 10.7. The summed E-state index contributed by atoms with van der Waals surface area (Å²) in [5, 5.41) is 11.7. The molecule has 1 atom stereocenters. The molecule has 26 heavy (non-hydrogen) atoms. The third-order valence-corrected chi connectivity index (χ3v) is 5.33. The Kier molecular flexibility index (Phi) is 11.9. The number of carboxylic acid groups (broad SMARTS) is 1. The van der Waals surface area contributed by atoms with Crippen LogP contribution in [0.5, 0.6) is 0 Å². The van der Waals surface area contributed by atoms with E-state index >= 15 is 0 Å². The number of carboxylic acids is 1. The van der Waals surface area contributed by atoms with Crippen molar-refractivity contribution in [3.63, 3.8) is 0 Å². The summed E-state index contributed by atoms with van der Waals surface area (Å²) in [6.45, 7) is 4.22. The fraction of sp³-hybridized carbons (Fsp3) is 0.667. The minimum Gasteiger partial charge on any atom is -0.478 e. The molecule has 5 heteroatoms. The molecule has 0 aliphatic heterocycles. The Balaban J connectivity index is 2.40. The molecule has 1 heterocycles. The number of ketones is 1. The number of aliphatic carboxylic acids is 1. The second kappa shape index (κ2) is 13.7. The lowest BCUT2D eigenvalue weighted by Crippen LogP contribution is -2.07. The third-order valence-electron chi connectivity index (χ3n) is 4.54. The number of aromatic nitrogens is 1. The highest BCUT2D eigenvalue weighted by atomic mass is 32.1. The van der Waals surface area contributed by atoms with Crippen LogP contribution in [0.25, 0.3) is 0 Å². The summed E-state index contributed by atoms with van der Waals surface area (Å²) in [6, 6.07) is 0. The van der Waals surface area contributed by atoms with Crippen LogP contribution >= 0.6 is 11.3 Å². The molecule has 0 fully saturated rings. The zero-order valence-electron chi connectivity index (χ0n) is 16.2. The summed E-state index contributed by atoms with van der Waals surface area (Å²) < 4.78 is 0. The lowest BCUT2D eigenvalue weighted by atomic mass is 9.92. The van der Waals surface area contributed by atoms with Gasteiger partial charge in [0.1, 0.15) is 5.78 Å². The molecular weight excluding hydrogens is 346 g/mol. The van der Waals surface area contributed by atoms with Crippen LogP contribution < -0.4 is 0 Å². The normalized spacial score (nSPS) is 12.5. The van der Waals surface area contributed by atoms with Crippen molar-refractivity contribution in [2.24, 2.45) is 0 Å². The Morgan fingerprint density at radius 3 is 2.38 bits per heavy atom. The van der Waals surface area contributed by atoms with E-state index in [9.17, 15) is 9.59 Å². The lowest BCUT2D eigenvalue weighted by molar-refractivity contribution is -0.131. The second-order valence-corrected chi connectivity index (χ2v) is 8.00. The van der Waals surface area contributed by atoms with Gasteiger partial charge < -0.3 is 5.11 Å². The van der Waals surface area contributed by atoms with Crippen molar-refractivity contribution in [2.45, 2.75) is 90.4 Å². The number of Topliss-reactive ketones (excluding diaryl/α,β-unsaturated/α-hetero) is 1. The zero-order chi connectivity index (χ0) is 19.2. The maximum Gasteiger partial charge on any atom is 0.327 e. The number of carbonyl (C=O) groups excluding carboxylic acids is 1. The van der Waals surface area contributed by atoms with Crippen molar-refractivity contribution in [3.05, 3.63) is 28.2 Å². The Bertz CT molecular complexity index is 565. The van der Waals surface area contributed by atoms with Crippen LogP contribution in [0.1, 0.15) is 94.2 Å². The summed E-state index contributed by atoms with van der Waals surface area (Å²) >= 11 is 1.62. The molecule has 146 valence electrons. The van der Waals surface area contributed by atoms with Gasteiger partial charge in [-0.05, 0) is 13.3 Å². The summed E-state index contributed by atoms with van der Waals surface area (Å²) in [6.07, 6.45) is 14.3. The molecule has 0 amide bonds. The van der Waals surface area contributed by atoms with Gasteiger partial charge in [0.2, 0.25) is 0 Å². The van der Waals surface area contributed by atoms with Crippen LogP contribution in [0, 0.1) is 6.92 Å². The summed E-state index contributed by atoms with van der Waals surface area (Å²) in [4.78, 5) is 27.3. The van der Waals surface area contributed by atoms with Crippen LogP contribution in [-0.4, -0.2) is 21.8 Å². The molecule has 1 rings (SSSR count). The van der Waals surface area contributed by atoms with E-state index in [2.05, 4.69) is 17.3 Å². The van der Waals surface area contributed by atoms with Crippen molar-refractivity contribution in [2.75, 3.05) is 0 Å². The number of hydrogen-bond donors (Lipinski definition) is 1. The summed E-state index contributed by atoms with van der Waals surface area (Å²) in [5.74, 6) is -0.771. The van der Waals surface area contributed by atoms with Crippen molar-refractivity contribution < 1.29 is 14.7 Å². The van der Waals surface area contributed by atoms with Gasteiger partial charge in [0.15, 0.2) is 0 Å². The highest BCUT2D eigenvalue weighted by Crippen LogP contribution is 2.28. The average molecular weight is 380 g/mol. The topological polar surface area (TPSA) is 67.3 Å². The highest BCUT2D eigenvalue weighted by molar-refractivity contribution is 7.09. The molecule has 4 nitrogen and oxygen atoms in total. The van der Waals surface area contributed by atoms with E-state index in [1.807, 2.05) is 6.92 Å². The van der Waals surface area contributed by atoms with E-state index in [0.29, 0.717) is 6.42 Å². The van der Waals surface area contributed by atoms with Gasteiger partial charge >= 0.3 is 5.97 Å². The summed E-state index contributed by atoms with van der Waals surface area (Å²) in [7, 11) is 0. The second-order valence-electron chi connectivity index (χ2n) is 6.94. The monoisotopic (exact) mass is 379 g/mol. The van der Waals surface area contributed by atoms with Gasteiger partial charge in [-0.3, -0.25) is 4.79 Å². The Hall–Kier alpha value is -1.49. The predicted octanol–water partition coefficient (Wildman–Crippen LogP) is 6.06. The minimum absolute atomic E-state index is 0.0812. The number of thiazole rings is 1. The van der Waals surface area contributed by atoms with Gasteiger partial charge in [-0.15, -0.1) is 11.3 Å². The highest BCUT2D eigenvalue weighted by Gasteiger charge is 2.18. The molecule has 0 saturated heterocycles. The fourth-order valence-corrected chi connectivity index (χ4v) is 3.79. The van der Waals surface area contributed by atoms with Gasteiger partial charge in [-0.25, -0.2) is 9.78 Å². The molecule has 0 bridgehead atoms. The quantitative estimate of drug-likeness (QED) is 0.297. The molecule has 1 aromatic rings. The first-order valence-electron chi connectivity index (χ1n) is 9.86. The van der Waals surface area contributed by atoms with E-state index < -0.39 is 5.97 Å². The van der Waals surface area contributed by atoms with Crippen molar-refractivity contribution in [3.8, 4) is 0 Å². The van der Waals surface area contributed by atoms with Gasteiger partial charge in [0.05, 0.1) is 10.7 Å². The maximum absolute atomic E-state index is 12.2. The number of allylic oxidation sites excluding steroid dienone is 1. The first-order chi connectivity index (χ1) is 12.5. The van der Waals surface area contributed by atoms with Gasteiger partial charge in [0.25, 0.3) is 0 Å². The number of nitrogens with zero attached hydrogens (tertiary/aromatic N) is 1. The van der Waals surface area contributed by atoms with Gasteiger partial charge in [-0.1, -0.05) is 64.4 Å². The molecule has 1 N–H and O–H groups in total. The van der Waals surface area contributed by atoms with Crippen LogP contribution in [-0.2, 0) is 9.59 Å². The van der Waals surface area contributed by atoms with E-state index in [0.717, 1.165) is 29.6 Å². The molecule has 0 aromatic carbocycles. The van der Waals surface area contributed by atoms with Crippen molar-refractivity contribution >= 4 is 23.1 Å². The lowest BCUT2D eigenvalue weighted by Gasteiger charge is -2.14. The van der Waals surface area contributed by atoms with E-state index in [1.54, 1.807) is 11.3 Å². The molecule has 1 aromatic heterocycles. The van der Waals surface area contributed by atoms with Crippen LogP contribution in [0.2, 0.25) is 0 Å². The smallest absolute Gasteiger partial charge is 0.327 e. The first kappa shape index (κ1) is 22.6. The molecule has 1 unspecified atom stereocenters. The molecular formula is C21H33NO3S. The maximum atomic E-state index is 12.2. The predicted molar refractivity (Wildman–Crippen MR) is 108 cm³/mol. The number of unbranched alkanes of at least 4 members (excludes halogenated alkanes) is 7. The van der Waals surface area contributed by atoms with Crippen molar-refractivity contribution in [1.29, 1.82) is 0 Å². The molecule has 0 radical (unpaired) electrons. The number of carbonyl (C=O) groups is 2. The van der Waals surface area contributed by atoms with Crippen LogP contribution in [0.3, 0.4) is 0 Å². The Morgan fingerprint density at radius 1 is 1.15 bits per heavy atom. The number of rotatable bonds is 15. The van der Waals surface area contributed by atoms with E-state index in [4.69, 9.17) is 5.11 Å². The zero-order valence-corrected chi connectivity index (χ0v) is 17.0. The Morgan fingerprint density at radius 2 is 1.81 bits per heavy atom. The van der Waals surface area contributed by atoms with E-state index in [-0.39, 0.29) is 18.1 Å². The van der Waals surface area contributed by atoms with Gasteiger partial charge in [0, 0.05) is 30.2 Å². The molecule has 0 aliphatic carbocycles.